The van der Waals surface area contributed by atoms with Crippen molar-refractivity contribution < 1.29 is 14.3 Å². The first kappa shape index (κ1) is 13.9. The van der Waals surface area contributed by atoms with Crippen LogP contribution in [0.1, 0.15) is 16.1 Å². The Morgan fingerprint density at radius 2 is 2.00 bits per heavy atom. The number of esters is 1. The van der Waals surface area contributed by atoms with Gasteiger partial charge in [-0.2, -0.15) is 0 Å². The normalized spacial score (nSPS) is 10.1. The third-order valence-corrected chi connectivity index (χ3v) is 2.66. The van der Waals surface area contributed by atoms with Crippen LogP contribution in [-0.2, 0) is 4.74 Å². The lowest BCUT2D eigenvalue weighted by Crippen LogP contribution is -2.14. The SMILES string of the molecule is Cc1ncc(N)cc1C(=O)OCCOc1ccccc1. The van der Waals surface area contributed by atoms with Gasteiger partial charge in [-0.3, -0.25) is 4.98 Å². The lowest BCUT2D eigenvalue weighted by Gasteiger charge is -2.08. The van der Waals surface area contributed by atoms with Gasteiger partial charge in [0.25, 0.3) is 0 Å². The summed E-state index contributed by atoms with van der Waals surface area (Å²) in [6.45, 7) is 2.20. The third-order valence-electron chi connectivity index (χ3n) is 2.66. The maximum Gasteiger partial charge on any atom is 0.340 e. The molecule has 0 saturated carbocycles. The second kappa shape index (κ2) is 6.56. The van der Waals surface area contributed by atoms with E-state index in [2.05, 4.69) is 4.98 Å². The second-order valence-corrected chi connectivity index (χ2v) is 4.20. The summed E-state index contributed by atoms with van der Waals surface area (Å²) >= 11 is 0. The predicted molar refractivity (Wildman–Crippen MR) is 75.6 cm³/mol. The Labute approximate surface area is 117 Å². The first-order valence-electron chi connectivity index (χ1n) is 6.24. The first-order chi connectivity index (χ1) is 9.66. The molecule has 0 atom stereocenters. The molecule has 0 aliphatic carbocycles. The Morgan fingerprint density at radius 1 is 1.25 bits per heavy atom. The summed E-state index contributed by atoms with van der Waals surface area (Å²) < 4.78 is 10.6. The van der Waals surface area contributed by atoms with Gasteiger partial charge in [-0.15, -0.1) is 0 Å². The third kappa shape index (κ3) is 3.71. The number of anilines is 1. The molecule has 0 aliphatic heterocycles. The van der Waals surface area contributed by atoms with Gasteiger partial charge in [0, 0.05) is 0 Å². The summed E-state index contributed by atoms with van der Waals surface area (Å²) in [5, 5.41) is 0. The average Bonchev–Trinajstić information content (AvgIpc) is 2.47. The zero-order chi connectivity index (χ0) is 14.4. The maximum absolute atomic E-state index is 11.9. The van der Waals surface area contributed by atoms with Crippen molar-refractivity contribution in [3.63, 3.8) is 0 Å². The molecular formula is C15H16N2O3. The van der Waals surface area contributed by atoms with E-state index in [0.717, 1.165) is 5.75 Å². The van der Waals surface area contributed by atoms with E-state index in [-0.39, 0.29) is 6.61 Å². The summed E-state index contributed by atoms with van der Waals surface area (Å²) in [6, 6.07) is 10.9. The number of benzene rings is 1. The summed E-state index contributed by atoms with van der Waals surface area (Å²) in [7, 11) is 0. The Hall–Kier alpha value is -2.56. The molecule has 2 N–H and O–H groups in total. The molecule has 0 fully saturated rings. The number of nitrogen functional groups attached to an aromatic ring is 1. The van der Waals surface area contributed by atoms with Gasteiger partial charge in [0.1, 0.15) is 19.0 Å². The lowest BCUT2D eigenvalue weighted by molar-refractivity contribution is 0.0449. The van der Waals surface area contributed by atoms with Crippen LogP contribution in [0.2, 0.25) is 0 Å². The minimum Gasteiger partial charge on any atom is -0.490 e. The second-order valence-electron chi connectivity index (χ2n) is 4.20. The molecule has 0 saturated heterocycles. The fraction of sp³-hybridized carbons (Fsp3) is 0.200. The minimum atomic E-state index is -0.445. The van der Waals surface area contributed by atoms with Crippen molar-refractivity contribution in [3.8, 4) is 5.75 Å². The monoisotopic (exact) mass is 272 g/mol. The number of pyridine rings is 1. The van der Waals surface area contributed by atoms with Crippen molar-refractivity contribution in [2.45, 2.75) is 6.92 Å². The Bertz CT molecular complexity index is 585. The molecular weight excluding hydrogens is 256 g/mol. The average molecular weight is 272 g/mol. The van der Waals surface area contributed by atoms with Gasteiger partial charge in [0.05, 0.1) is 23.1 Å². The zero-order valence-corrected chi connectivity index (χ0v) is 11.2. The van der Waals surface area contributed by atoms with Crippen molar-refractivity contribution in [1.29, 1.82) is 0 Å². The van der Waals surface area contributed by atoms with E-state index in [1.807, 2.05) is 30.3 Å². The number of para-hydroxylation sites is 1. The molecule has 20 heavy (non-hydrogen) atoms. The molecule has 0 aliphatic rings. The van der Waals surface area contributed by atoms with Crippen LogP contribution in [0.25, 0.3) is 0 Å². The maximum atomic E-state index is 11.9. The van der Waals surface area contributed by atoms with E-state index in [9.17, 15) is 4.79 Å². The van der Waals surface area contributed by atoms with E-state index in [1.54, 1.807) is 13.0 Å². The number of aromatic nitrogens is 1. The topological polar surface area (TPSA) is 74.4 Å². The molecule has 1 aromatic carbocycles. The minimum absolute atomic E-state index is 0.169. The summed E-state index contributed by atoms with van der Waals surface area (Å²) in [5.41, 5.74) is 7.00. The molecule has 5 heteroatoms. The number of aryl methyl sites for hydroxylation is 1. The molecule has 2 rings (SSSR count). The highest BCUT2D eigenvalue weighted by Gasteiger charge is 2.11. The number of carbonyl (C=O) groups is 1. The number of rotatable bonds is 5. The van der Waals surface area contributed by atoms with Crippen molar-refractivity contribution in [1.82, 2.24) is 4.98 Å². The van der Waals surface area contributed by atoms with Gasteiger partial charge in [-0.25, -0.2) is 4.79 Å². The summed E-state index contributed by atoms with van der Waals surface area (Å²) in [5.74, 6) is 0.296. The highest BCUT2D eigenvalue weighted by Crippen LogP contribution is 2.11. The number of nitrogens with zero attached hydrogens (tertiary/aromatic N) is 1. The quantitative estimate of drug-likeness (QED) is 0.667. The molecule has 1 heterocycles. The van der Waals surface area contributed by atoms with Gasteiger partial charge in [-0.05, 0) is 25.1 Å². The van der Waals surface area contributed by atoms with E-state index < -0.39 is 5.97 Å². The molecule has 1 aromatic heterocycles. The van der Waals surface area contributed by atoms with Crippen LogP contribution in [-0.4, -0.2) is 24.2 Å². The molecule has 2 aromatic rings. The van der Waals surface area contributed by atoms with Crippen LogP contribution in [0.4, 0.5) is 5.69 Å². The van der Waals surface area contributed by atoms with Crippen LogP contribution in [0, 0.1) is 6.92 Å². The number of carbonyl (C=O) groups excluding carboxylic acids is 1. The van der Waals surface area contributed by atoms with Gasteiger partial charge < -0.3 is 15.2 Å². The Kier molecular flexibility index (Phi) is 4.55. The first-order valence-corrected chi connectivity index (χ1v) is 6.24. The number of nitrogens with two attached hydrogens (primary N) is 1. The Balaban J connectivity index is 1.82. The Morgan fingerprint density at radius 3 is 2.75 bits per heavy atom. The van der Waals surface area contributed by atoms with Crippen molar-refractivity contribution in [2.75, 3.05) is 18.9 Å². The number of hydrogen-bond donors (Lipinski definition) is 1. The van der Waals surface area contributed by atoms with Gasteiger partial charge >= 0.3 is 5.97 Å². The molecule has 104 valence electrons. The van der Waals surface area contributed by atoms with Crippen LogP contribution < -0.4 is 10.5 Å². The standard InChI is InChI=1S/C15H16N2O3/c1-11-14(9-12(16)10-17-11)15(18)20-8-7-19-13-5-3-2-4-6-13/h2-6,9-10H,7-8,16H2,1H3. The molecule has 0 radical (unpaired) electrons. The molecule has 0 bridgehead atoms. The smallest absolute Gasteiger partial charge is 0.340 e. The highest BCUT2D eigenvalue weighted by molar-refractivity contribution is 5.91. The highest BCUT2D eigenvalue weighted by atomic mass is 16.6. The fourth-order valence-electron chi connectivity index (χ4n) is 1.64. The van der Waals surface area contributed by atoms with E-state index in [4.69, 9.17) is 15.2 Å². The van der Waals surface area contributed by atoms with Crippen molar-refractivity contribution >= 4 is 11.7 Å². The number of ether oxygens (including phenoxy) is 2. The van der Waals surface area contributed by atoms with Crippen LogP contribution >= 0.6 is 0 Å². The van der Waals surface area contributed by atoms with Crippen LogP contribution in [0.3, 0.4) is 0 Å². The molecule has 0 spiro atoms. The molecule has 5 nitrogen and oxygen atoms in total. The van der Waals surface area contributed by atoms with E-state index in [1.165, 1.54) is 6.20 Å². The summed E-state index contributed by atoms with van der Waals surface area (Å²) in [6.07, 6.45) is 1.50. The lowest BCUT2D eigenvalue weighted by atomic mass is 10.2. The van der Waals surface area contributed by atoms with Gasteiger partial charge in [-0.1, -0.05) is 18.2 Å². The van der Waals surface area contributed by atoms with Gasteiger partial charge in [0.15, 0.2) is 0 Å². The van der Waals surface area contributed by atoms with E-state index >= 15 is 0 Å². The van der Waals surface area contributed by atoms with E-state index in [0.29, 0.717) is 23.6 Å². The summed E-state index contributed by atoms with van der Waals surface area (Å²) in [4.78, 5) is 15.9. The predicted octanol–water partition coefficient (Wildman–Crippen LogP) is 2.21. The van der Waals surface area contributed by atoms with Gasteiger partial charge in [0.2, 0.25) is 0 Å². The molecule has 0 unspecified atom stereocenters. The largest absolute Gasteiger partial charge is 0.490 e. The fourth-order valence-corrected chi connectivity index (χ4v) is 1.64. The van der Waals surface area contributed by atoms with Crippen LogP contribution in [0.5, 0.6) is 5.75 Å². The number of hydrogen-bond acceptors (Lipinski definition) is 5. The van der Waals surface area contributed by atoms with Crippen LogP contribution in [0.15, 0.2) is 42.6 Å². The zero-order valence-electron chi connectivity index (χ0n) is 11.2. The van der Waals surface area contributed by atoms with Crippen molar-refractivity contribution in [3.05, 3.63) is 53.9 Å². The molecule has 0 amide bonds. The van der Waals surface area contributed by atoms with Crippen molar-refractivity contribution in [2.24, 2.45) is 0 Å².